The summed E-state index contributed by atoms with van der Waals surface area (Å²) < 4.78 is 10.3. The van der Waals surface area contributed by atoms with Gasteiger partial charge in [-0.15, -0.1) is 0 Å². The Bertz CT molecular complexity index is 357. The molecular formula is C15H22O3. The smallest absolute Gasteiger partial charge is 0.161 e. The van der Waals surface area contributed by atoms with Gasteiger partial charge in [0.2, 0.25) is 0 Å². The van der Waals surface area contributed by atoms with Crippen LogP contribution in [0.2, 0.25) is 0 Å². The van der Waals surface area contributed by atoms with Crippen LogP contribution in [0, 0.1) is 0 Å². The molecule has 0 saturated heterocycles. The summed E-state index contributed by atoms with van der Waals surface area (Å²) in [6, 6.07) is 7.82. The van der Waals surface area contributed by atoms with Crippen LogP contribution in [-0.2, 0) is 16.0 Å². The van der Waals surface area contributed by atoms with Gasteiger partial charge in [-0.2, -0.15) is 0 Å². The van der Waals surface area contributed by atoms with Crippen LogP contribution in [0.15, 0.2) is 24.3 Å². The number of carbonyl (C=O) groups is 1. The second kappa shape index (κ2) is 7.88. The summed E-state index contributed by atoms with van der Waals surface area (Å²) in [5.74, 6) is 1.03. The normalized spacial score (nSPS) is 12.2. The lowest BCUT2D eigenvalue weighted by atomic mass is 10.0. The molecule has 1 unspecified atom stereocenters. The van der Waals surface area contributed by atoms with Crippen LogP contribution in [-0.4, -0.2) is 26.1 Å². The lowest BCUT2D eigenvalue weighted by Crippen LogP contribution is -2.23. The van der Waals surface area contributed by atoms with Crippen molar-refractivity contribution in [3.8, 4) is 5.75 Å². The Labute approximate surface area is 109 Å². The van der Waals surface area contributed by atoms with E-state index in [2.05, 4.69) is 6.92 Å². The van der Waals surface area contributed by atoms with Gasteiger partial charge in [0.05, 0.1) is 7.11 Å². The first-order chi connectivity index (χ1) is 8.71. The van der Waals surface area contributed by atoms with Crippen LogP contribution in [0.5, 0.6) is 5.75 Å². The first-order valence-corrected chi connectivity index (χ1v) is 6.39. The first-order valence-electron chi connectivity index (χ1n) is 6.39. The minimum atomic E-state index is -0.242. The molecule has 3 nitrogen and oxygen atoms in total. The Kier molecular flexibility index (Phi) is 6.44. The highest BCUT2D eigenvalue weighted by molar-refractivity contribution is 5.83. The number of rotatable bonds is 8. The Hall–Kier alpha value is -1.35. The topological polar surface area (TPSA) is 35.5 Å². The van der Waals surface area contributed by atoms with Crippen LogP contribution in [0.1, 0.15) is 31.7 Å². The molecule has 1 rings (SSSR count). The molecule has 0 radical (unpaired) electrons. The number of hydrogen-bond acceptors (Lipinski definition) is 3. The van der Waals surface area contributed by atoms with E-state index >= 15 is 0 Å². The van der Waals surface area contributed by atoms with Crippen molar-refractivity contribution in [2.24, 2.45) is 0 Å². The van der Waals surface area contributed by atoms with Crippen molar-refractivity contribution in [1.29, 1.82) is 0 Å². The van der Waals surface area contributed by atoms with E-state index in [1.807, 2.05) is 24.3 Å². The molecule has 1 aromatic rings. The number of aryl methyl sites for hydroxylation is 1. The zero-order valence-corrected chi connectivity index (χ0v) is 11.4. The van der Waals surface area contributed by atoms with E-state index in [1.54, 1.807) is 14.2 Å². The number of methoxy groups -OCH3 is 2. The number of Topliss-reactive ketones (excluding diaryl/α,β-unsaturated/α-hetero) is 1. The first kappa shape index (κ1) is 14.7. The second-order valence-electron chi connectivity index (χ2n) is 4.33. The van der Waals surface area contributed by atoms with E-state index in [1.165, 1.54) is 0 Å². The van der Waals surface area contributed by atoms with Gasteiger partial charge in [0.25, 0.3) is 0 Å². The van der Waals surface area contributed by atoms with Crippen LogP contribution < -0.4 is 4.74 Å². The van der Waals surface area contributed by atoms with Crippen LogP contribution >= 0.6 is 0 Å². The second-order valence-corrected chi connectivity index (χ2v) is 4.33. The number of benzene rings is 1. The molecule has 0 aromatic heterocycles. The van der Waals surface area contributed by atoms with E-state index in [9.17, 15) is 4.79 Å². The highest BCUT2D eigenvalue weighted by atomic mass is 16.5. The number of ketones is 1. The number of hydrogen-bond donors (Lipinski definition) is 0. The molecule has 0 heterocycles. The van der Waals surface area contributed by atoms with E-state index in [0.717, 1.165) is 30.6 Å². The highest BCUT2D eigenvalue weighted by Gasteiger charge is 2.15. The number of ether oxygens (including phenoxy) is 2. The molecule has 0 aliphatic heterocycles. The molecule has 0 fully saturated rings. The van der Waals surface area contributed by atoms with Gasteiger partial charge in [-0.3, -0.25) is 4.79 Å². The summed E-state index contributed by atoms with van der Waals surface area (Å²) in [6.07, 6.45) is 2.82. The van der Waals surface area contributed by atoms with Gasteiger partial charge in [0, 0.05) is 13.5 Å². The molecule has 3 heteroatoms. The van der Waals surface area contributed by atoms with Gasteiger partial charge in [-0.1, -0.05) is 25.5 Å². The molecule has 0 bridgehead atoms. The SMILES string of the molecule is CCCC(OC)C(=O)CCc1ccc(OC)cc1. The molecule has 1 atom stereocenters. The van der Waals surface area contributed by atoms with E-state index in [0.29, 0.717) is 6.42 Å². The Morgan fingerprint density at radius 2 is 1.89 bits per heavy atom. The van der Waals surface area contributed by atoms with Gasteiger partial charge in [-0.25, -0.2) is 0 Å². The molecule has 0 aliphatic carbocycles. The maximum Gasteiger partial charge on any atom is 0.161 e. The lowest BCUT2D eigenvalue weighted by Gasteiger charge is -2.12. The summed E-state index contributed by atoms with van der Waals surface area (Å²) in [5.41, 5.74) is 1.15. The monoisotopic (exact) mass is 250 g/mol. The quantitative estimate of drug-likeness (QED) is 0.711. The maximum absolute atomic E-state index is 11.9. The van der Waals surface area contributed by atoms with Gasteiger partial charge in [0.15, 0.2) is 5.78 Å². The molecule has 0 spiro atoms. The Balaban J connectivity index is 2.45. The maximum atomic E-state index is 11.9. The third-order valence-electron chi connectivity index (χ3n) is 3.01. The predicted molar refractivity (Wildman–Crippen MR) is 72.0 cm³/mol. The standard InChI is InChI=1S/C15H22O3/c1-4-5-15(18-3)14(16)11-8-12-6-9-13(17-2)10-7-12/h6-7,9-10,15H,4-5,8,11H2,1-3H3. The minimum Gasteiger partial charge on any atom is -0.497 e. The van der Waals surface area contributed by atoms with Crippen molar-refractivity contribution in [2.75, 3.05) is 14.2 Å². The average molecular weight is 250 g/mol. The van der Waals surface area contributed by atoms with Crippen molar-refractivity contribution < 1.29 is 14.3 Å². The molecule has 0 saturated carbocycles. The third kappa shape index (κ3) is 4.49. The molecule has 100 valence electrons. The van der Waals surface area contributed by atoms with Crippen LogP contribution in [0.3, 0.4) is 0 Å². The molecule has 0 amide bonds. The van der Waals surface area contributed by atoms with E-state index in [4.69, 9.17) is 9.47 Å². The summed E-state index contributed by atoms with van der Waals surface area (Å²) in [4.78, 5) is 11.9. The fourth-order valence-electron chi connectivity index (χ4n) is 1.89. The van der Waals surface area contributed by atoms with Gasteiger partial charge in [-0.05, 0) is 30.5 Å². The third-order valence-corrected chi connectivity index (χ3v) is 3.01. The summed E-state index contributed by atoms with van der Waals surface area (Å²) >= 11 is 0. The fraction of sp³-hybridized carbons (Fsp3) is 0.533. The lowest BCUT2D eigenvalue weighted by molar-refractivity contribution is -0.129. The predicted octanol–water partition coefficient (Wildman–Crippen LogP) is 3.01. The molecule has 0 N–H and O–H groups in total. The largest absolute Gasteiger partial charge is 0.497 e. The van der Waals surface area contributed by atoms with Crippen molar-refractivity contribution in [1.82, 2.24) is 0 Å². The fourth-order valence-corrected chi connectivity index (χ4v) is 1.89. The summed E-state index contributed by atoms with van der Waals surface area (Å²) in [6.45, 7) is 2.06. The average Bonchev–Trinajstić information content (AvgIpc) is 2.42. The van der Waals surface area contributed by atoms with Crippen molar-refractivity contribution in [3.63, 3.8) is 0 Å². The molecule has 0 aliphatic rings. The number of carbonyl (C=O) groups excluding carboxylic acids is 1. The van der Waals surface area contributed by atoms with Crippen LogP contribution in [0.4, 0.5) is 0 Å². The van der Waals surface area contributed by atoms with Crippen molar-refractivity contribution in [3.05, 3.63) is 29.8 Å². The highest BCUT2D eigenvalue weighted by Crippen LogP contribution is 2.14. The molecule has 18 heavy (non-hydrogen) atoms. The molecule has 1 aromatic carbocycles. The zero-order valence-electron chi connectivity index (χ0n) is 11.4. The Morgan fingerprint density at radius 3 is 2.39 bits per heavy atom. The summed E-state index contributed by atoms with van der Waals surface area (Å²) in [5, 5.41) is 0. The van der Waals surface area contributed by atoms with E-state index in [-0.39, 0.29) is 11.9 Å². The van der Waals surface area contributed by atoms with Gasteiger partial charge >= 0.3 is 0 Å². The van der Waals surface area contributed by atoms with Gasteiger partial charge in [0.1, 0.15) is 11.9 Å². The summed E-state index contributed by atoms with van der Waals surface area (Å²) in [7, 11) is 3.25. The van der Waals surface area contributed by atoms with E-state index < -0.39 is 0 Å². The van der Waals surface area contributed by atoms with Crippen molar-refractivity contribution >= 4 is 5.78 Å². The van der Waals surface area contributed by atoms with Crippen molar-refractivity contribution in [2.45, 2.75) is 38.7 Å². The van der Waals surface area contributed by atoms with Gasteiger partial charge < -0.3 is 9.47 Å². The molecular weight excluding hydrogens is 228 g/mol. The Morgan fingerprint density at radius 1 is 1.22 bits per heavy atom. The minimum absolute atomic E-state index is 0.190. The van der Waals surface area contributed by atoms with Crippen LogP contribution in [0.25, 0.3) is 0 Å². The zero-order chi connectivity index (χ0) is 13.4.